The lowest BCUT2D eigenvalue weighted by atomic mass is 9.99. The highest BCUT2D eigenvalue weighted by Gasteiger charge is 2.32. The van der Waals surface area contributed by atoms with Gasteiger partial charge in [0.15, 0.2) is 0 Å². The summed E-state index contributed by atoms with van der Waals surface area (Å²) in [4.78, 5) is 18.1. The molecule has 4 nitrogen and oxygen atoms in total. The summed E-state index contributed by atoms with van der Waals surface area (Å²) in [6, 6.07) is 15.8. The fourth-order valence-corrected chi connectivity index (χ4v) is 4.97. The summed E-state index contributed by atoms with van der Waals surface area (Å²) in [5.41, 5.74) is 6.43. The number of fused-ring (bicyclic) bond motifs is 2. The Bertz CT molecular complexity index is 1010. The topological polar surface area (TPSA) is 41.0 Å². The quantitative estimate of drug-likeness (QED) is 0.762. The van der Waals surface area contributed by atoms with E-state index in [4.69, 9.17) is 0 Å². The molecule has 26 heavy (non-hydrogen) atoms. The number of rotatable bonds is 2. The number of likely N-dealkylation sites (tertiary alicyclic amines) is 1. The van der Waals surface area contributed by atoms with Gasteiger partial charge >= 0.3 is 5.69 Å². The van der Waals surface area contributed by atoms with Crippen LogP contribution in [-0.2, 0) is 6.42 Å². The van der Waals surface area contributed by atoms with Crippen LogP contribution in [0.4, 0.5) is 0 Å². The number of para-hydroxylation sites is 2. The first-order chi connectivity index (χ1) is 12.7. The third kappa shape index (κ3) is 2.52. The number of imidazole rings is 1. The van der Waals surface area contributed by atoms with E-state index in [0.717, 1.165) is 37.0 Å². The van der Waals surface area contributed by atoms with Crippen molar-refractivity contribution < 1.29 is 0 Å². The number of hydrogen-bond donors (Lipinski definition) is 1. The predicted octanol–water partition coefficient (Wildman–Crippen LogP) is 3.96. The molecule has 1 aromatic heterocycles. The molecule has 2 heterocycles. The number of aromatic nitrogens is 2. The van der Waals surface area contributed by atoms with Crippen molar-refractivity contribution in [3.63, 3.8) is 0 Å². The molecule has 2 aromatic carbocycles. The summed E-state index contributed by atoms with van der Waals surface area (Å²) < 4.78 is 1.99. The first-order valence-electron chi connectivity index (χ1n) is 9.73. The van der Waals surface area contributed by atoms with Crippen molar-refractivity contribution in [2.45, 2.75) is 44.7 Å². The van der Waals surface area contributed by atoms with Gasteiger partial charge in [0.05, 0.1) is 11.0 Å². The number of hydrogen-bond acceptors (Lipinski definition) is 2. The normalized spacial score (nSPS) is 21.3. The Labute approximate surface area is 153 Å². The zero-order chi connectivity index (χ0) is 17.7. The molecular weight excluding hydrogens is 322 g/mol. The van der Waals surface area contributed by atoms with Gasteiger partial charge in [0.25, 0.3) is 0 Å². The van der Waals surface area contributed by atoms with Crippen LogP contribution in [0.3, 0.4) is 0 Å². The summed E-state index contributed by atoms with van der Waals surface area (Å²) in [6.07, 6.45) is 4.51. The Morgan fingerprint density at radius 3 is 2.69 bits per heavy atom. The summed E-state index contributed by atoms with van der Waals surface area (Å²) in [7, 11) is 0. The number of aryl methyl sites for hydroxylation is 2. The van der Waals surface area contributed by atoms with Crippen LogP contribution in [-0.4, -0.2) is 27.5 Å². The molecule has 3 aromatic rings. The number of piperidine rings is 1. The van der Waals surface area contributed by atoms with Crippen LogP contribution < -0.4 is 5.69 Å². The predicted molar refractivity (Wildman–Crippen MR) is 105 cm³/mol. The lowest BCUT2D eigenvalue weighted by molar-refractivity contribution is 0.134. The molecule has 4 heteroatoms. The number of aromatic amines is 1. The molecule has 1 aliphatic heterocycles. The fraction of sp³-hybridized carbons (Fsp3) is 0.409. The summed E-state index contributed by atoms with van der Waals surface area (Å²) >= 11 is 0. The van der Waals surface area contributed by atoms with Crippen LogP contribution >= 0.6 is 0 Å². The zero-order valence-corrected chi connectivity index (χ0v) is 15.2. The van der Waals surface area contributed by atoms with Crippen molar-refractivity contribution in [1.82, 2.24) is 14.5 Å². The van der Waals surface area contributed by atoms with Gasteiger partial charge in [0.2, 0.25) is 0 Å². The van der Waals surface area contributed by atoms with Gasteiger partial charge in [-0.1, -0.05) is 35.9 Å². The lowest BCUT2D eigenvalue weighted by Gasteiger charge is -2.36. The fourth-order valence-electron chi connectivity index (χ4n) is 4.97. The summed E-state index contributed by atoms with van der Waals surface area (Å²) in [5.74, 6) is 0. The van der Waals surface area contributed by atoms with Gasteiger partial charge < -0.3 is 4.98 Å². The van der Waals surface area contributed by atoms with E-state index in [0.29, 0.717) is 12.1 Å². The monoisotopic (exact) mass is 347 g/mol. The standard InChI is InChI=1S/C22H25N3O/c1-15-6-7-16-8-9-20(18(16)14-15)24-12-10-17(11-13-24)25-21-5-3-2-4-19(21)23-22(25)26/h2-7,14,17,20H,8-13H2,1H3,(H,23,26). The van der Waals surface area contributed by atoms with E-state index >= 15 is 0 Å². The smallest absolute Gasteiger partial charge is 0.306 e. The van der Waals surface area contributed by atoms with E-state index in [1.165, 1.54) is 29.5 Å². The maximum atomic E-state index is 12.5. The molecule has 1 atom stereocenters. The molecule has 5 rings (SSSR count). The van der Waals surface area contributed by atoms with E-state index in [1.54, 1.807) is 0 Å². The molecule has 0 spiro atoms. The van der Waals surface area contributed by atoms with Gasteiger partial charge in [-0.2, -0.15) is 0 Å². The minimum atomic E-state index is 0.0338. The molecule has 0 saturated carbocycles. The first kappa shape index (κ1) is 15.9. The molecule has 0 amide bonds. The minimum Gasteiger partial charge on any atom is -0.306 e. The van der Waals surface area contributed by atoms with Crippen molar-refractivity contribution in [3.8, 4) is 0 Å². The first-order valence-corrected chi connectivity index (χ1v) is 9.73. The van der Waals surface area contributed by atoms with Crippen molar-refractivity contribution in [2.75, 3.05) is 13.1 Å². The van der Waals surface area contributed by atoms with Crippen molar-refractivity contribution >= 4 is 11.0 Å². The number of H-pyrrole nitrogens is 1. The van der Waals surface area contributed by atoms with E-state index in [1.807, 2.05) is 22.8 Å². The van der Waals surface area contributed by atoms with Crippen molar-refractivity contribution in [3.05, 3.63) is 69.6 Å². The number of benzene rings is 2. The third-order valence-corrected chi connectivity index (χ3v) is 6.28. The Kier molecular flexibility index (Phi) is 3.75. The maximum absolute atomic E-state index is 12.5. The SMILES string of the molecule is Cc1ccc2c(c1)C(N1CCC(n3c(=O)[nH]c4ccccc43)CC1)CC2. The molecular formula is C22H25N3O. The molecule has 134 valence electrons. The van der Waals surface area contributed by atoms with E-state index in [-0.39, 0.29) is 5.69 Å². The summed E-state index contributed by atoms with van der Waals surface area (Å²) in [6.45, 7) is 4.31. The van der Waals surface area contributed by atoms with Crippen molar-refractivity contribution in [1.29, 1.82) is 0 Å². The van der Waals surface area contributed by atoms with Gasteiger partial charge in [-0.3, -0.25) is 9.47 Å². The van der Waals surface area contributed by atoms with Crippen LogP contribution in [0.1, 0.15) is 48.0 Å². The Morgan fingerprint density at radius 1 is 1.04 bits per heavy atom. The Hall–Kier alpha value is -2.33. The molecule has 2 aliphatic rings. The maximum Gasteiger partial charge on any atom is 0.326 e. The Balaban J connectivity index is 1.37. The molecule has 1 N–H and O–H groups in total. The zero-order valence-electron chi connectivity index (χ0n) is 15.2. The number of nitrogens with zero attached hydrogens (tertiary/aromatic N) is 2. The average molecular weight is 347 g/mol. The largest absolute Gasteiger partial charge is 0.326 e. The molecule has 1 saturated heterocycles. The second-order valence-corrected chi connectivity index (χ2v) is 7.84. The van der Waals surface area contributed by atoms with Crippen molar-refractivity contribution in [2.24, 2.45) is 0 Å². The van der Waals surface area contributed by atoms with E-state index < -0.39 is 0 Å². The highest BCUT2D eigenvalue weighted by Crippen LogP contribution is 2.39. The molecule has 1 aliphatic carbocycles. The van der Waals surface area contributed by atoms with Gasteiger partial charge in [-0.15, -0.1) is 0 Å². The molecule has 1 fully saturated rings. The highest BCUT2D eigenvalue weighted by molar-refractivity contribution is 5.75. The van der Waals surface area contributed by atoms with Crippen LogP contribution in [0.25, 0.3) is 11.0 Å². The Morgan fingerprint density at radius 2 is 1.85 bits per heavy atom. The lowest BCUT2D eigenvalue weighted by Crippen LogP contribution is -2.38. The van der Waals surface area contributed by atoms with Gasteiger partial charge in [0, 0.05) is 25.2 Å². The summed E-state index contributed by atoms with van der Waals surface area (Å²) in [5, 5.41) is 0. The molecule has 1 unspecified atom stereocenters. The minimum absolute atomic E-state index is 0.0338. The molecule has 0 bridgehead atoms. The van der Waals surface area contributed by atoms with Crippen LogP contribution in [0, 0.1) is 6.92 Å². The van der Waals surface area contributed by atoms with Gasteiger partial charge in [-0.05, 0) is 55.9 Å². The highest BCUT2D eigenvalue weighted by atomic mass is 16.1. The van der Waals surface area contributed by atoms with Gasteiger partial charge in [-0.25, -0.2) is 4.79 Å². The van der Waals surface area contributed by atoms with Crippen LogP contribution in [0.2, 0.25) is 0 Å². The van der Waals surface area contributed by atoms with Crippen LogP contribution in [0.5, 0.6) is 0 Å². The molecule has 0 radical (unpaired) electrons. The van der Waals surface area contributed by atoms with Crippen LogP contribution in [0.15, 0.2) is 47.3 Å². The van der Waals surface area contributed by atoms with Gasteiger partial charge in [0.1, 0.15) is 0 Å². The second kappa shape index (κ2) is 6.13. The van der Waals surface area contributed by atoms with E-state index in [9.17, 15) is 4.79 Å². The average Bonchev–Trinajstić information content (AvgIpc) is 3.21. The van der Waals surface area contributed by atoms with E-state index in [2.05, 4.69) is 41.1 Å². The second-order valence-electron chi connectivity index (χ2n) is 7.84. The third-order valence-electron chi connectivity index (χ3n) is 6.28. The number of nitrogens with one attached hydrogen (secondary N) is 1.